The van der Waals surface area contributed by atoms with Gasteiger partial charge in [0.25, 0.3) is 0 Å². The van der Waals surface area contributed by atoms with Crippen LogP contribution in [0, 0.1) is 0 Å². The molecule has 2 unspecified atom stereocenters. The molecule has 0 N–H and O–H groups in total. The van der Waals surface area contributed by atoms with E-state index in [1.54, 1.807) is 0 Å². The first-order chi connectivity index (χ1) is 5.73. The summed E-state index contributed by atoms with van der Waals surface area (Å²) in [6.07, 6.45) is 0.757. The van der Waals surface area contributed by atoms with E-state index in [2.05, 4.69) is 0 Å². The van der Waals surface area contributed by atoms with Crippen LogP contribution < -0.4 is 154 Å². The van der Waals surface area contributed by atoms with Crippen molar-refractivity contribution >= 4 is 32.6 Å². The maximum absolute atomic E-state index is 10.8. The molecule has 82 valence electrons. The van der Waals surface area contributed by atoms with Gasteiger partial charge in [-0.25, -0.2) is 8.51 Å². The van der Waals surface area contributed by atoms with Gasteiger partial charge in [-0.15, -0.1) is 0 Å². The maximum Gasteiger partial charge on any atom is 1.00 e. The molecule has 13 heteroatoms. The topological polar surface area (TPSA) is 124 Å². The van der Waals surface area contributed by atoms with Crippen LogP contribution in [0.3, 0.4) is 0 Å². The van der Waals surface area contributed by atoms with Gasteiger partial charge < -0.3 is 13.7 Å². The predicted molar refractivity (Wildman–Crippen MR) is 45.7 cm³/mol. The van der Waals surface area contributed by atoms with E-state index in [0.717, 1.165) is 6.26 Å². The van der Waals surface area contributed by atoms with Crippen LogP contribution in [0.1, 0.15) is 0 Å². The quantitative estimate of drug-likeness (QED) is 0.292. The summed E-state index contributed by atoms with van der Waals surface area (Å²) in [5.74, 6) is -1.68. The van der Waals surface area contributed by atoms with Gasteiger partial charge in [0, 0.05) is 6.26 Å². The van der Waals surface area contributed by atoms with E-state index in [9.17, 15) is 26.3 Å². The number of sulfonamides is 1. The van der Waals surface area contributed by atoms with Crippen molar-refractivity contribution in [1.29, 1.82) is 0 Å². The van der Waals surface area contributed by atoms with Crippen molar-refractivity contribution in [3.05, 3.63) is 0 Å². The van der Waals surface area contributed by atoms with Crippen LogP contribution in [0.25, 0.3) is 0 Å². The molecule has 7 nitrogen and oxygen atoms in total. The van der Waals surface area contributed by atoms with Gasteiger partial charge >= 0.3 is 154 Å². The Morgan fingerprint density at radius 1 is 1.06 bits per heavy atom. The van der Waals surface area contributed by atoms with Gasteiger partial charge in [-0.3, -0.25) is 18.8 Å². The molecule has 0 aliphatic heterocycles. The molecule has 0 bridgehead atoms. The predicted octanol–water partition coefficient (Wildman–Crippen LogP) is -11.3. The molecule has 0 heterocycles. The van der Waals surface area contributed by atoms with Gasteiger partial charge in [0.15, 0.2) is 0 Å². The molecule has 2 atom stereocenters. The SMILES string of the molecule is C[SH](=O)([O-])N(CS(=O)[O-])CS(=O)[O-].[K+].[K+].[K+]. The molecule has 0 aliphatic carbocycles. The Balaban J connectivity index is -0.000000240. The Labute approximate surface area is 228 Å². The third-order valence-corrected chi connectivity index (χ3v) is 3.76. The van der Waals surface area contributed by atoms with Crippen molar-refractivity contribution in [3.63, 3.8) is 0 Å². The minimum atomic E-state index is -4.09. The van der Waals surface area contributed by atoms with Gasteiger partial charge in [0.1, 0.15) is 0 Å². The summed E-state index contributed by atoms with van der Waals surface area (Å²) in [6, 6.07) is 0. The molecule has 16 heavy (non-hydrogen) atoms. The fourth-order valence-electron chi connectivity index (χ4n) is 0.490. The van der Waals surface area contributed by atoms with E-state index in [4.69, 9.17) is 0 Å². The average Bonchev–Trinajstić information content (AvgIpc) is 1.81. The first kappa shape index (κ1) is 29.2. The van der Waals surface area contributed by atoms with Crippen molar-refractivity contribution < 1.29 is 180 Å². The summed E-state index contributed by atoms with van der Waals surface area (Å²) in [7, 11) is -4.09. The van der Waals surface area contributed by atoms with Gasteiger partial charge in [-0.2, -0.15) is 0 Å². The Morgan fingerprint density at radius 2 is 1.31 bits per heavy atom. The minimum absolute atomic E-state index is 0. The van der Waals surface area contributed by atoms with Crippen molar-refractivity contribution in [1.82, 2.24) is 4.31 Å². The van der Waals surface area contributed by atoms with Crippen LogP contribution in [-0.2, 0) is 32.6 Å². The third-order valence-electron chi connectivity index (χ3n) is 1.02. The molecule has 0 aromatic heterocycles. The molecular formula is C3H8K3NO6S3. The van der Waals surface area contributed by atoms with E-state index in [-0.39, 0.29) is 154 Å². The number of rotatable bonds is 5. The van der Waals surface area contributed by atoms with Crippen LogP contribution in [-0.4, -0.2) is 48.6 Å². The Hall–Kier alpha value is 5.20. The zero-order valence-corrected chi connectivity index (χ0v) is 21.5. The largest absolute Gasteiger partial charge is 1.00 e. The van der Waals surface area contributed by atoms with Crippen molar-refractivity contribution in [2.24, 2.45) is 0 Å². The maximum atomic E-state index is 10.8. The van der Waals surface area contributed by atoms with Crippen LogP contribution in [0.15, 0.2) is 0 Å². The summed E-state index contributed by atoms with van der Waals surface area (Å²) >= 11 is -5.26. The first-order valence-electron chi connectivity index (χ1n) is 2.89. The van der Waals surface area contributed by atoms with Crippen LogP contribution in [0.4, 0.5) is 0 Å². The monoisotopic (exact) mass is 367 g/mol. The number of thiol groups is 1. The van der Waals surface area contributed by atoms with Gasteiger partial charge in [0.05, 0.1) is 11.8 Å². The fourth-order valence-corrected chi connectivity index (χ4v) is 3.52. The van der Waals surface area contributed by atoms with Crippen molar-refractivity contribution in [2.45, 2.75) is 0 Å². The Bertz CT molecular complexity index is 255. The second kappa shape index (κ2) is 15.1. The fraction of sp³-hybridized carbons (Fsp3) is 1.00. The average molecular weight is 368 g/mol. The van der Waals surface area contributed by atoms with Gasteiger partial charge in [0.2, 0.25) is 0 Å². The molecule has 0 amide bonds. The summed E-state index contributed by atoms with van der Waals surface area (Å²) in [5, 5.41) is 0. The number of hydrogen-bond acceptors (Lipinski definition) is 6. The molecule has 0 aliphatic rings. The molecule has 0 rings (SSSR count). The molecule has 0 saturated carbocycles. The molecule has 0 aromatic carbocycles. The molecule has 0 radical (unpaired) electrons. The zero-order chi connectivity index (χ0) is 10.6. The summed E-state index contributed by atoms with van der Waals surface area (Å²) in [5.41, 5.74) is 0. The summed E-state index contributed by atoms with van der Waals surface area (Å²) in [6.45, 7) is 0. The van der Waals surface area contributed by atoms with E-state index >= 15 is 0 Å². The van der Waals surface area contributed by atoms with E-state index in [1.807, 2.05) is 0 Å². The molecule has 0 spiro atoms. The van der Waals surface area contributed by atoms with Crippen molar-refractivity contribution in [3.8, 4) is 0 Å². The second-order valence-corrected chi connectivity index (χ2v) is 6.08. The molecule has 0 aromatic rings. The van der Waals surface area contributed by atoms with E-state index in [0.29, 0.717) is 4.31 Å². The van der Waals surface area contributed by atoms with Gasteiger partial charge in [-0.1, -0.05) is 0 Å². The summed E-state index contributed by atoms with van der Waals surface area (Å²) in [4.78, 5) is 0. The first-order valence-corrected chi connectivity index (χ1v) is 7.40. The normalized spacial score (nSPS) is 15.1. The second-order valence-electron chi connectivity index (χ2n) is 2.18. The van der Waals surface area contributed by atoms with Crippen LogP contribution in [0.5, 0.6) is 0 Å². The third kappa shape index (κ3) is 17.3. The summed E-state index contributed by atoms with van der Waals surface area (Å²) < 4.78 is 62.5. The molecule has 0 saturated heterocycles. The molecule has 0 fully saturated rings. The number of hydrogen-bond donors (Lipinski definition) is 1. The zero-order valence-electron chi connectivity index (χ0n) is 9.57. The van der Waals surface area contributed by atoms with Crippen molar-refractivity contribution in [2.75, 3.05) is 18.0 Å². The van der Waals surface area contributed by atoms with Crippen LogP contribution in [0.2, 0.25) is 0 Å². The Kier molecular flexibility index (Phi) is 27.6. The number of nitrogens with zero attached hydrogens (tertiary/aromatic N) is 1. The van der Waals surface area contributed by atoms with E-state index in [1.165, 1.54) is 0 Å². The Morgan fingerprint density at radius 3 is 1.44 bits per heavy atom. The smallest absolute Gasteiger partial charge is 0.771 e. The van der Waals surface area contributed by atoms with E-state index < -0.39 is 44.3 Å². The standard InChI is InChI=1S/C3H11NO6S3.3K/c1-13(9,10)4(2-11(5)6)3-12(7)8;;;/h13H,2-3H2,1H3,(H,5,6)(H,7,8)(H,9,10);;;/q;3*+1/p-3. The van der Waals surface area contributed by atoms with Gasteiger partial charge in [-0.05, 0) is 22.2 Å². The molecular weight excluding hydrogens is 360 g/mol. The van der Waals surface area contributed by atoms with Crippen LogP contribution >= 0.6 is 0 Å². The minimum Gasteiger partial charge on any atom is -0.771 e.